The lowest BCUT2D eigenvalue weighted by molar-refractivity contribution is -0.139. The molecule has 1 rings (SSSR count). The first-order valence-corrected chi connectivity index (χ1v) is 5.80. The zero-order valence-electron chi connectivity index (χ0n) is 10.3. The average Bonchev–Trinajstić information content (AvgIpc) is 2.99. The number of halogens is 1. The molecule has 1 unspecified atom stereocenters. The Morgan fingerprint density at radius 2 is 2.06 bits per heavy atom. The van der Waals surface area contributed by atoms with Crippen LogP contribution in [0.15, 0.2) is 0 Å². The van der Waals surface area contributed by atoms with E-state index in [1.807, 2.05) is 6.92 Å². The number of nitrogens with one attached hydrogen (secondary N) is 1. The van der Waals surface area contributed by atoms with Crippen molar-refractivity contribution >= 4 is 24.3 Å². The second kappa shape index (κ2) is 7.50. The molecule has 0 saturated heterocycles. The van der Waals surface area contributed by atoms with E-state index in [0.717, 1.165) is 19.3 Å². The van der Waals surface area contributed by atoms with Gasteiger partial charge in [-0.1, -0.05) is 6.92 Å². The number of nitrogens with zero attached hydrogens (tertiary/aromatic N) is 1. The molecule has 1 fully saturated rings. The third kappa shape index (κ3) is 5.89. The summed E-state index contributed by atoms with van der Waals surface area (Å²) in [5.74, 6) is -0.947. The lowest BCUT2D eigenvalue weighted by Crippen LogP contribution is -2.47. The van der Waals surface area contributed by atoms with E-state index in [9.17, 15) is 9.59 Å². The number of amides is 1. The second-order valence-corrected chi connectivity index (χ2v) is 4.32. The smallest absolute Gasteiger partial charge is 0.317 e. The van der Waals surface area contributed by atoms with Gasteiger partial charge in [0.05, 0.1) is 12.6 Å². The largest absolute Gasteiger partial charge is 0.480 e. The number of aliphatic carboxylic acids is 1. The van der Waals surface area contributed by atoms with Gasteiger partial charge >= 0.3 is 5.97 Å². The highest BCUT2D eigenvalue weighted by atomic mass is 35.5. The predicted octanol–water partition coefficient (Wildman–Crippen LogP) is 0.872. The average molecular weight is 265 g/mol. The Kier molecular flexibility index (Phi) is 7.15. The molecule has 0 bridgehead atoms. The molecule has 0 aromatic heterocycles. The number of hydrogen-bond acceptors (Lipinski definition) is 3. The Morgan fingerprint density at radius 3 is 2.47 bits per heavy atom. The molecule has 2 N–H and O–H groups in total. The van der Waals surface area contributed by atoms with Crippen LogP contribution in [-0.4, -0.2) is 47.1 Å². The van der Waals surface area contributed by atoms with Crippen LogP contribution in [0.2, 0.25) is 0 Å². The fraction of sp³-hybridized carbons (Fsp3) is 0.818. The molecule has 0 heterocycles. The van der Waals surface area contributed by atoms with Crippen LogP contribution >= 0.6 is 12.4 Å². The minimum absolute atomic E-state index is 0. The lowest BCUT2D eigenvalue weighted by Gasteiger charge is -2.26. The van der Waals surface area contributed by atoms with Crippen molar-refractivity contribution in [3.63, 3.8) is 0 Å². The number of carbonyl (C=O) groups is 2. The van der Waals surface area contributed by atoms with Crippen LogP contribution in [0.1, 0.15) is 33.1 Å². The molecule has 6 heteroatoms. The number of rotatable bonds is 7. The van der Waals surface area contributed by atoms with Gasteiger partial charge in [-0.15, -0.1) is 12.4 Å². The fourth-order valence-electron chi connectivity index (χ4n) is 1.59. The zero-order chi connectivity index (χ0) is 12.1. The lowest BCUT2D eigenvalue weighted by atomic mass is 10.2. The van der Waals surface area contributed by atoms with Gasteiger partial charge in [0.1, 0.15) is 0 Å². The highest BCUT2D eigenvalue weighted by molar-refractivity contribution is 5.85. The Bertz CT molecular complexity index is 269. The van der Waals surface area contributed by atoms with Crippen molar-refractivity contribution in [2.24, 2.45) is 0 Å². The highest BCUT2D eigenvalue weighted by Gasteiger charge is 2.28. The van der Waals surface area contributed by atoms with E-state index < -0.39 is 5.97 Å². The molecule has 0 aliphatic heterocycles. The molecule has 1 atom stereocenters. The van der Waals surface area contributed by atoms with Crippen LogP contribution in [0, 0.1) is 0 Å². The van der Waals surface area contributed by atoms with E-state index in [4.69, 9.17) is 5.11 Å². The van der Waals surface area contributed by atoms with Crippen LogP contribution in [0.25, 0.3) is 0 Å². The van der Waals surface area contributed by atoms with Gasteiger partial charge in [0, 0.05) is 6.04 Å². The Morgan fingerprint density at radius 1 is 1.47 bits per heavy atom. The number of carboxylic acid groups (broad SMARTS) is 1. The Balaban J connectivity index is 0.00000256. The maximum Gasteiger partial charge on any atom is 0.317 e. The number of carboxylic acids is 1. The first-order chi connectivity index (χ1) is 7.54. The quantitative estimate of drug-likeness (QED) is 0.716. The first-order valence-electron chi connectivity index (χ1n) is 5.80. The van der Waals surface area contributed by atoms with Crippen molar-refractivity contribution in [2.45, 2.75) is 45.2 Å². The van der Waals surface area contributed by atoms with Crippen molar-refractivity contribution in [1.82, 2.24) is 10.2 Å². The van der Waals surface area contributed by atoms with Gasteiger partial charge in [-0.3, -0.25) is 14.5 Å². The molecule has 5 nitrogen and oxygen atoms in total. The van der Waals surface area contributed by atoms with Crippen LogP contribution in [0.4, 0.5) is 0 Å². The first kappa shape index (κ1) is 16.2. The molecule has 100 valence electrons. The summed E-state index contributed by atoms with van der Waals surface area (Å²) in [6.07, 6.45) is 2.94. The number of hydrogen-bond donors (Lipinski definition) is 2. The van der Waals surface area contributed by atoms with Gasteiger partial charge in [0.2, 0.25) is 5.91 Å². The summed E-state index contributed by atoms with van der Waals surface area (Å²) < 4.78 is 0. The maximum atomic E-state index is 11.7. The summed E-state index contributed by atoms with van der Waals surface area (Å²) in [7, 11) is 0. The molecular formula is C11H21ClN2O3. The van der Waals surface area contributed by atoms with Crippen molar-refractivity contribution in [2.75, 3.05) is 13.1 Å². The molecule has 1 aliphatic carbocycles. The van der Waals surface area contributed by atoms with E-state index in [0.29, 0.717) is 12.6 Å². The predicted molar refractivity (Wildman–Crippen MR) is 67.4 cm³/mol. The number of carbonyl (C=O) groups excluding carboxylic acids is 1. The van der Waals surface area contributed by atoms with Crippen LogP contribution in [-0.2, 0) is 9.59 Å². The SMILES string of the molecule is CCCN(CC(=O)O)C(C)C(=O)NC1CC1.Cl. The van der Waals surface area contributed by atoms with E-state index >= 15 is 0 Å². The summed E-state index contributed by atoms with van der Waals surface area (Å²) in [6, 6.07) is -0.0418. The van der Waals surface area contributed by atoms with Gasteiger partial charge in [-0.25, -0.2) is 0 Å². The third-order valence-corrected chi connectivity index (χ3v) is 2.70. The third-order valence-electron chi connectivity index (χ3n) is 2.70. The molecule has 0 aromatic rings. The molecule has 1 aliphatic rings. The molecule has 17 heavy (non-hydrogen) atoms. The summed E-state index contributed by atoms with van der Waals surface area (Å²) in [6.45, 7) is 4.29. The topological polar surface area (TPSA) is 69.6 Å². The molecule has 0 radical (unpaired) electrons. The van der Waals surface area contributed by atoms with Gasteiger partial charge in [0.25, 0.3) is 0 Å². The fourth-order valence-corrected chi connectivity index (χ4v) is 1.59. The van der Waals surface area contributed by atoms with Crippen molar-refractivity contribution in [3.05, 3.63) is 0 Å². The minimum atomic E-state index is -0.889. The molecular weight excluding hydrogens is 244 g/mol. The summed E-state index contributed by atoms with van der Waals surface area (Å²) in [4.78, 5) is 24.1. The van der Waals surface area contributed by atoms with Crippen LogP contribution in [0.3, 0.4) is 0 Å². The Hall–Kier alpha value is -0.810. The van der Waals surface area contributed by atoms with E-state index in [1.54, 1.807) is 11.8 Å². The maximum absolute atomic E-state index is 11.7. The second-order valence-electron chi connectivity index (χ2n) is 4.32. The molecule has 1 amide bonds. The summed E-state index contributed by atoms with van der Waals surface area (Å²) in [5, 5.41) is 11.7. The van der Waals surface area contributed by atoms with E-state index in [2.05, 4.69) is 5.32 Å². The summed E-state index contributed by atoms with van der Waals surface area (Å²) >= 11 is 0. The van der Waals surface area contributed by atoms with Gasteiger partial charge < -0.3 is 10.4 Å². The minimum Gasteiger partial charge on any atom is -0.480 e. The standard InChI is InChI=1S/C11H20N2O3.ClH/c1-3-6-13(7-10(14)15)8(2)11(16)12-9-4-5-9;/h8-9H,3-7H2,1-2H3,(H,12,16)(H,14,15);1H. The summed E-state index contributed by atoms with van der Waals surface area (Å²) in [5.41, 5.74) is 0. The van der Waals surface area contributed by atoms with Gasteiger partial charge in [0.15, 0.2) is 0 Å². The monoisotopic (exact) mass is 264 g/mol. The highest BCUT2D eigenvalue weighted by Crippen LogP contribution is 2.19. The van der Waals surface area contributed by atoms with Crippen molar-refractivity contribution in [1.29, 1.82) is 0 Å². The van der Waals surface area contributed by atoms with E-state index in [-0.39, 0.29) is 30.9 Å². The Labute approximate surface area is 108 Å². The normalized spacial score (nSPS) is 16.2. The van der Waals surface area contributed by atoms with Crippen LogP contribution < -0.4 is 5.32 Å². The van der Waals surface area contributed by atoms with E-state index in [1.165, 1.54) is 0 Å². The zero-order valence-corrected chi connectivity index (χ0v) is 11.1. The molecule has 0 spiro atoms. The van der Waals surface area contributed by atoms with Gasteiger partial charge in [-0.05, 0) is 32.7 Å². The van der Waals surface area contributed by atoms with Crippen LogP contribution in [0.5, 0.6) is 0 Å². The van der Waals surface area contributed by atoms with Crippen molar-refractivity contribution in [3.8, 4) is 0 Å². The van der Waals surface area contributed by atoms with Gasteiger partial charge in [-0.2, -0.15) is 0 Å². The molecule has 1 saturated carbocycles. The molecule has 0 aromatic carbocycles. The van der Waals surface area contributed by atoms with Crippen molar-refractivity contribution < 1.29 is 14.7 Å².